The van der Waals surface area contributed by atoms with E-state index in [9.17, 15) is 0 Å². The Hall–Kier alpha value is -1.21. The summed E-state index contributed by atoms with van der Waals surface area (Å²) < 4.78 is 0. The maximum absolute atomic E-state index is 5.88. The molecule has 0 aliphatic heterocycles. The molecule has 0 bridgehead atoms. The van der Waals surface area contributed by atoms with Crippen molar-refractivity contribution in [3.8, 4) is 11.1 Å². The van der Waals surface area contributed by atoms with Crippen LogP contribution < -0.4 is 5.46 Å². The van der Waals surface area contributed by atoms with Gasteiger partial charge in [-0.2, -0.15) is 0 Å². The molecule has 0 aliphatic rings. The lowest BCUT2D eigenvalue weighted by Crippen LogP contribution is -2.11. The van der Waals surface area contributed by atoms with Crippen LogP contribution in [0.15, 0.2) is 48.5 Å². The van der Waals surface area contributed by atoms with E-state index in [-0.39, 0.29) is 0 Å². The lowest BCUT2D eigenvalue weighted by molar-refractivity contribution is 1.46. The first-order chi connectivity index (χ1) is 7.79. The van der Waals surface area contributed by atoms with Crippen LogP contribution in [0.2, 0.25) is 11.3 Å². The average molecular weight is 229 g/mol. The van der Waals surface area contributed by atoms with Gasteiger partial charge >= 0.3 is 0 Å². The maximum atomic E-state index is 5.88. The van der Waals surface area contributed by atoms with Gasteiger partial charge in [0.25, 0.3) is 0 Å². The molecule has 0 amide bonds. The van der Waals surface area contributed by atoms with Gasteiger partial charge in [-0.15, -0.1) is 0 Å². The van der Waals surface area contributed by atoms with Crippen molar-refractivity contribution in [3.05, 3.63) is 53.6 Å². The summed E-state index contributed by atoms with van der Waals surface area (Å²) in [4.78, 5) is 0. The van der Waals surface area contributed by atoms with Crippen LogP contribution in [0.25, 0.3) is 11.1 Å². The Morgan fingerprint density at radius 3 is 2.44 bits per heavy atom. The molecule has 0 saturated heterocycles. The monoisotopic (exact) mass is 228 g/mol. The summed E-state index contributed by atoms with van der Waals surface area (Å²) in [6, 6.07) is 16.7. The Morgan fingerprint density at radius 2 is 1.75 bits per heavy atom. The second-order valence-corrected chi connectivity index (χ2v) is 4.39. The molecule has 2 rings (SSSR count). The number of hydrogen-bond acceptors (Lipinski definition) is 0. The van der Waals surface area contributed by atoms with Crippen LogP contribution in [0.1, 0.15) is 6.92 Å². The molecule has 0 radical (unpaired) electrons. The van der Waals surface area contributed by atoms with Crippen molar-refractivity contribution in [1.29, 1.82) is 0 Å². The number of halogens is 1. The summed E-state index contributed by atoms with van der Waals surface area (Å²) in [6.45, 7) is 2.20. The molecule has 0 N–H and O–H groups in total. The second-order valence-electron chi connectivity index (χ2n) is 3.96. The summed E-state index contributed by atoms with van der Waals surface area (Å²) in [5, 5.41) is 0.786. The molecular formula is C14H14BCl. The van der Waals surface area contributed by atoms with E-state index < -0.39 is 0 Å². The zero-order valence-corrected chi connectivity index (χ0v) is 10.2. The SMILES string of the molecule is CCBc1cccc(-c2ccc(Cl)cc2)c1. The first kappa shape index (κ1) is 11.3. The molecule has 0 saturated carbocycles. The third-order valence-corrected chi connectivity index (χ3v) is 2.90. The van der Waals surface area contributed by atoms with Crippen molar-refractivity contribution in [2.75, 3.05) is 0 Å². The summed E-state index contributed by atoms with van der Waals surface area (Å²) in [6.07, 6.45) is 1.18. The Kier molecular flexibility index (Phi) is 3.68. The number of hydrogen-bond donors (Lipinski definition) is 0. The average Bonchev–Trinajstić information content (AvgIpc) is 2.31. The molecule has 0 aliphatic carbocycles. The molecule has 0 atom stereocenters. The fraction of sp³-hybridized carbons (Fsp3) is 0.143. The first-order valence-corrected chi connectivity index (χ1v) is 6.02. The molecule has 0 nitrogen and oxygen atoms in total. The largest absolute Gasteiger partial charge is 0.157 e. The third kappa shape index (κ3) is 2.68. The van der Waals surface area contributed by atoms with E-state index in [1.807, 2.05) is 12.1 Å². The second kappa shape index (κ2) is 5.22. The van der Waals surface area contributed by atoms with Crippen molar-refractivity contribution in [3.63, 3.8) is 0 Å². The maximum Gasteiger partial charge on any atom is 0.157 e. The summed E-state index contributed by atoms with van der Waals surface area (Å²) in [5.41, 5.74) is 3.89. The van der Waals surface area contributed by atoms with Crippen LogP contribution in [0.4, 0.5) is 0 Å². The van der Waals surface area contributed by atoms with Gasteiger partial charge in [0.05, 0.1) is 0 Å². The van der Waals surface area contributed by atoms with Gasteiger partial charge in [-0.1, -0.05) is 66.7 Å². The van der Waals surface area contributed by atoms with Crippen LogP contribution >= 0.6 is 11.6 Å². The van der Waals surface area contributed by atoms with Gasteiger partial charge in [0.1, 0.15) is 0 Å². The quantitative estimate of drug-likeness (QED) is 0.705. The van der Waals surface area contributed by atoms with E-state index in [1.165, 1.54) is 22.9 Å². The summed E-state index contributed by atoms with van der Waals surface area (Å²) in [7, 11) is 1.14. The first-order valence-electron chi connectivity index (χ1n) is 5.64. The molecule has 16 heavy (non-hydrogen) atoms. The molecule has 80 valence electrons. The minimum Gasteiger partial charge on any atom is -0.0843 e. The Morgan fingerprint density at radius 1 is 1.00 bits per heavy atom. The minimum atomic E-state index is 0.786. The highest BCUT2D eigenvalue weighted by atomic mass is 35.5. The highest BCUT2D eigenvalue weighted by molar-refractivity contribution is 6.53. The summed E-state index contributed by atoms with van der Waals surface area (Å²) in [5.74, 6) is 0. The van der Waals surface area contributed by atoms with Crippen molar-refractivity contribution < 1.29 is 0 Å². The van der Waals surface area contributed by atoms with Gasteiger partial charge in [-0.25, -0.2) is 0 Å². The number of benzene rings is 2. The molecule has 2 aromatic carbocycles. The van der Waals surface area contributed by atoms with Crippen molar-refractivity contribution in [2.45, 2.75) is 13.2 Å². The zero-order valence-electron chi connectivity index (χ0n) is 9.41. The highest BCUT2D eigenvalue weighted by Crippen LogP contribution is 2.20. The van der Waals surface area contributed by atoms with Crippen molar-refractivity contribution >= 4 is 24.3 Å². The lowest BCUT2D eigenvalue weighted by Gasteiger charge is -2.04. The van der Waals surface area contributed by atoms with E-state index in [2.05, 4.69) is 43.3 Å². The van der Waals surface area contributed by atoms with Gasteiger partial charge in [-0.3, -0.25) is 0 Å². The standard InChI is InChI=1S/C14H14BCl/c1-2-15-13-5-3-4-12(10-13)11-6-8-14(16)9-7-11/h3-10,15H,2H2,1H3. The fourth-order valence-corrected chi connectivity index (χ4v) is 1.96. The van der Waals surface area contributed by atoms with Gasteiger partial charge < -0.3 is 0 Å². The van der Waals surface area contributed by atoms with Crippen LogP contribution in [0, 0.1) is 0 Å². The molecule has 0 unspecified atom stereocenters. The molecule has 2 heteroatoms. The number of rotatable bonds is 3. The predicted octanol–water partition coefficient (Wildman–Crippen LogP) is 3.51. The smallest absolute Gasteiger partial charge is 0.0843 e. The van der Waals surface area contributed by atoms with Gasteiger partial charge in [0, 0.05) is 5.02 Å². The zero-order chi connectivity index (χ0) is 11.4. The van der Waals surface area contributed by atoms with E-state index in [4.69, 9.17) is 11.6 Å². The molecule has 0 fully saturated rings. The fourth-order valence-electron chi connectivity index (χ4n) is 1.84. The van der Waals surface area contributed by atoms with Gasteiger partial charge in [0.2, 0.25) is 0 Å². The topological polar surface area (TPSA) is 0 Å². The Labute approximate surface area is 103 Å². The third-order valence-electron chi connectivity index (χ3n) is 2.64. The van der Waals surface area contributed by atoms with Crippen molar-refractivity contribution in [1.82, 2.24) is 0 Å². The van der Waals surface area contributed by atoms with Crippen LogP contribution in [0.3, 0.4) is 0 Å². The molecule has 0 heterocycles. The summed E-state index contributed by atoms with van der Waals surface area (Å²) >= 11 is 5.88. The van der Waals surface area contributed by atoms with E-state index in [1.54, 1.807) is 0 Å². The van der Waals surface area contributed by atoms with E-state index in [0.29, 0.717) is 0 Å². The van der Waals surface area contributed by atoms with E-state index in [0.717, 1.165) is 12.3 Å². The van der Waals surface area contributed by atoms with Crippen LogP contribution in [-0.2, 0) is 0 Å². The van der Waals surface area contributed by atoms with Crippen LogP contribution in [-0.4, -0.2) is 7.28 Å². The predicted molar refractivity (Wildman–Crippen MR) is 74.2 cm³/mol. The van der Waals surface area contributed by atoms with Crippen molar-refractivity contribution in [2.24, 2.45) is 0 Å². The normalized spacial score (nSPS) is 10.1. The molecule has 0 spiro atoms. The van der Waals surface area contributed by atoms with Gasteiger partial charge in [-0.05, 0) is 23.3 Å². The molecule has 2 aromatic rings. The highest BCUT2D eigenvalue weighted by Gasteiger charge is 1.99. The lowest BCUT2D eigenvalue weighted by atomic mass is 9.67. The van der Waals surface area contributed by atoms with Crippen LogP contribution in [0.5, 0.6) is 0 Å². The Balaban J connectivity index is 2.32. The molecular weight excluding hydrogens is 214 g/mol. The molecule has 0 aromatic heterocycles. The Bertz CT molecular complexity index is 462. The van der Waals surface area contributed by atoms with Gasteiger partial charge in [0.15, 0.2) is 7.28 Å². The van der Waals surface area contributed by atoms with E-state index >= 15 is 0 Å². The minimum absolute atomic E-state index is 0.786.